The summed E-state index contributed by atoms with van der Waals surface area (Å²) in [6.07, 6.45) is 6.67. The molecule has 0 atom stereocenters. The van der Waals surface area contributed by atoms with Crippen LogP contribution in [0.15, 0.2) is 0 Å². The van der Waals surface area contributed by atoms with Crippen LogP contribution in [0.3, 0.4) is 0 Å². The van der Waals surface area contributed by atoms with E-state index in [0.29, 0.717) is 10.8 Å². The van der Waals surface area contributed by atoms with E-state index in [9.17, 15) is 0 Å². The third-order valence-electron chi connectivity index (χ3n) is 4.82. The van der Waals surface area contributed by atoms with Gasteiger partial charge in [0.15, 0.2) is 0 Å². The lowest BCUT2D eigenvalue weighted by Crippen LogP contribution is -2.46. The number of rotatable bonds is 7. The maximum atomic E-state index is 5.44. The highest BCUT2D eigenvalue weighted by molar-refractivity contribution is 4.95. The van der Waals surface area contributed by atoms with Gasteiger partial charge in [-0.15, -0.1) is 0 Å². The Morgan fingerprint density at radius 2 is 1.71 bits per heavy atom. The van der Waals surface area contributed by atoms with E-state index in [1.807, 2.05) is 7.11 Å². The minimum absolute atomic E-state index is 0.379. The number of hydrogen-bond donors (Lipinski definition) is 2. The molecule has 0 unspecified atom stereocenters. The minimum Gasteiger partial charge on any atom is -0.384 e. The Labute approximate surface area is 106 Å². The van der Waals surface area contributed by atoms with Crippen LogP contribution in [0, 0.1) is 10.8 Å². The molecule has 17 heavy (non-hydrogen) atoms. The first kappa shape index (κ1) is 13.3. The molecule has 0 aromatic heterocycles. The SMILES string of the molecule is CCC1(CNCC2(COC)CCNCC2)CC1. The molecule has 1 saturated carbocycles. The summed E-state index contributed by atoms with van der Waals surface area (Å²) in [5.41, 5.74) is 1.03. The first-order valence-corrected chi connectivity index (χ1v) is 7.15. The zero-order chi connectivity index (χ0) is 12.2. The fourth-order valence-corrected chi connectivity index (χ4v) is 3.06. The second-order valence-electron chi connectivity index (χ2n) is 6.14. The van der Waals surface area contributed by atoms with Crippen LogP contribution in [-0.2, 0) is 4.74 Å². The van der Waals surface area contributed by atoms with E-state index < -0.39 is 0 Å². The highest BCUT2D eigenvalue weighted by atomic mass is 16.5. The Bertz CT molecular complexity index is 227. The molecule has 0 aromatic rings. The van der Waals surface area contributed by atoms with Gasteiger partial charge in [-0.25, -0.2) is 0 Å². The van der Waals surface area contributed by atoms with Crippen LogP contribution in [0.2, 0.25) is 0 Å². The van der Waals surface area contributed by atoms with Gasteiger partial charge >= 0.3 is 0 Å². The van der Waals surface area contributed by atoms with Crippen LogP contribution in [0.25, 0.3) is 0 Å². The highest BCUT2D eigenvalue weighted by Gasteiger charge is 2.41. The molecule has 0 bridgehead atoms. The van der Waals surface area contributed by atoms with Crippen molar-refractivity contribution in [1.29, 1.82) is 0 Å². The van der Waals surface area contributed by atoms with Gasteiger partial charge in [0, 0.05) is 25.6 Å². The summed E-state index contributed by atoms with van der Waals surface area (Å²) in [5.74, 6) is 0. The molecule has 0 radical (unpaired) electrons. The number of nitrogens with one attached hydrogen (secondary N) is 2. The normalized spacial score (nSPS) is 25.8. The van der Waals surface area contributed by atoms with E-state index in [0.717, 1.165) is 26.2 Å². The van der Waals surface area contributed by atoms with E-state index in [4.69, 9.17) is 4.74 Å². The molecule has 3 heteroatoms. The number of hydrogen-bond acceptors (Lipinski definition) is 3. The Morgan fingerprint density at radius 1 is 1.06 bits per heavy atom. The molecule has 2 rings (SSSR count). The average molecular weight is 240 g/mol. The van der Waals surface area contributed by atoms with Gasteiger partial charge in [0.1, 0.15) is 0 Å². The van der Waals surface area contributed by atoms with Crippen molar-refractivity contribution >= 4 is 0 Å². The molecule has 0 amide bonds. The third kappa shape index (κ3) is 3.43. The predicted octanol–water partition coefficient (Wildman–Crippen LogP) is 1.78. The van der Waals surface area contributed by atoms with Crippen molar-refractivity contribution in [2.24, 2.45) is 10.8 Å². The van der Waals surface area contributed by atoms with E-state index in [2.05, 4.69) is 17.6 Å². The van der Waals surface area contributed by atoms with Crippen molar-refractivity contribution in [3.63, 3.8) is 0 Å². The van der Waals surface area contributed by atoms with E-state index in [1.165, 1.54) is 38.6 Å². The minimum atomic E-state index is 0.379. The van der Waals surface area contributed by atoms with E-state index in [1.54, 1.807) is 0 Å². The first-order chi connectivity index (χ1) is 8.24. The van der Waals surface area contributed by atoms with E-state index in [-0.39, 0.29) is 0 Å². The fraction of sp³-hybridized carbons (Fsp3) is 1.00. The van der Waals surface area contributed by atoms with Gasteiger partial charge in [-0.1, -0.05) is 6.92 Å². The molecule has 1 aliphatic carbocycles. The highest BCUT2D eigenvalue weighted by Crippen LogP contribution is 2.48. The molecular formula is C14H28N2O. The Kier molecular flexibility index (Phi) is 4.45. The van der Waals surface area contributed by atoms with E-state index >= 15 is 0 Å². The predicted molar refractivity (Wildman–Crippen MR) is 71.2 cm³/mol. The summed E-state index contributed by atoms with van der Waals surface area (Å²) >= 11 is 0. The smallest absolute Gasteiger partial charge is 0.0531 e. The zero-order valence-electron chi connectivity index (χ0n) is 11.5. The van der Waals surface area contributed by atoms with Gasteiger partial charge in [-0.2, -0.15) is 0 Å². The van der Waals surface area contributed by atoms with Gasteiger partial charge in [-0.3, -0.25) is 0 Å². The van der Waals surface area contributed by atoms with Gasteiger partial charge < -0.3 is 15.4 Å². The standard InChI is InChI=1S/C14H28N2O/c1-3-13(4-5-13)10-16-11-14(12-17-2)6-8-15-9-7-14/h15-16H,3-12H2,1-2H3. The second-order valence-corrected chi connectivity index (χ2v) is 6.14. The molecule has 3 nitrogen and oxygen atoms in total. The molecule has 1 heterocycles. The van der Waals surface area contributed by atoms with Crippen LogP contribution in [-0.4, -0.2) is 39.9 Å². The van der Waals surface area contributed by atoms with Crippen LogP contribution in [0.5, 0.6) is 0 Å². The summed E-state index contributed by atoms with van der Waals surface area (Å²) in [7, 11) is 1.83. The Morgan fingerprint density at radius 3 is 2.24 bits per heavy atom. The quantitative estimate of drug-likeness (QED) is 0.712. The lowest BCUT2D eigenvalue weighted by atomic mass is 9.79. The van der Waals surface area contributed by atoms with Crippen LogP contribution in [0.1, 0.15) is 39.0 Å². The van der Waals surface area contributed by atoms with Crippen molar-refractivity contribution in [2.45, 2.75) is 39.0 Å². The third-order valence-corrected chi connectivity index (χ3v) is 4.82. The maximum Gasteiger partial charge on any atom is 0.0531 e. The number of piperidine rings is 1. The molecule has 1 aliphatic heterocycles. The summed E-state index contributed by atoms with van der Waals surface area (Å²) in [5, 5.41) is 7.17. The fourth-order valence-electron chi connectivity index (χ4n) is 3.06. The molecule has 100 valence electrons. The molecule has 1 saturated heterocycles. The molecule has 2 N–H and O–H groups in total. The second kappa shape index (κ2) is 5.68. The molecular weight excluding hydrogens is 212 g/mol. The maximum absolute atomic E-state index is 5.44. The lowest BCUT2D eigenvalue weighted by Gasteiger charge is -2.37. The van der Waals surface area contributed by atoms with Crippen LogP contribution >= 0.6 is 0 Å². The first-order valence-electron chi connectivity index (χ1n) is 7.15. The number of methoxy groups -OCH3 is 1. The zero-order valence-corrected chi connectivity index (χ0v) is 11.5. The van der Waals surface area contributed by atoms with Gasteiger partial charge in [0.2, 0.25) is 0 Å². The molecule has 2 fully saturated rings. The topological polar surface area (TPSA) is 33.3 Å². The summed E-state index contributed by atoms with van der Waals surface area (Å²) < 4.78 is 5.44. The largest absolute Gasteiger partial charge is 0.384 e. The van der Waals surface area contributed by atoms with Crippen molar-refractivity contribution in [3.05, 3.63) is 0 Å². The molecule has 0 spiro atoms. The van der Waals surface area contributed by atoms with Crippen molar-refractivity contribution in [1.82, 2.24) is 10.6 Å². The monoisotopic (exact) mass is 240 g/mol. The van der Waals surface area contributed by atoms with Gasteiger partial charge in [-0.05, 0) is 50.6 Å². The Hall–Kier alpha value is -0.120. The van der Waals surface area contributed by atoms with Gasteiger partial charge in [0.05, 0.1) is 6.61 Å². The summed E-state index contributed by atoms with van der Waals surface area (Å²) in [6, 6.07) is 0. The van der Waals surface area contributed by atoms with Crippen molar-refractivity contribution < 1.29 is 4.74 Å². The molecule has 2 aliphatic rings. The van der Waals surface area contributed by atoms with Crippen LogP contribution in [0.4, 0.5) is 0 Å². The molecule has 0 aromatic carbocycles. The summed E-state index contributed by atoms with van der Waals surface area (Å²) in [6.45, 7) is 7.85. The van der Waals surface area contributed by atoms with Gasteiger partial charge in [0.25, 0.3) is 0 Å². The summed E-state index contributed by atoms with van der Waals surface area (Å²) in [4.78, 5) is 0. The number of ether oxygens (including phenoxy) is 1. The average Bonchev–Trinajstić information content (AvgIpc) is 3.11. The Balaban J connectivity index is 1.77. The lowest BCUT2D eigenvalue weighted by molar-refractivity contribution is 0.0527. The van der Waals surface area contributed by atoms with Crippen LogP contribution < -0.4 is 10.6 Å². The van der Waals surface area contributed by atoms with Crippen molar-refractivity contribution in [2.75, 3.05) is 39.9 Å². The van der Waals surface area contributed by atoms with Crippen molar-refractivity contribution in [3.8, 4) is 0 Å².